The molecule has 2 amide bonds. The molecule has 4 rings (SSSR count). The molecular formula is C23H24N6O5S. The zero-order valence-corrected chi connectivity index (χ0v) is 19.7. The van der Waals surface area contributed by atoms with Crippen LogP contribution in [0.15, 0.2) is 55.0 Å². The van der Waals surface area contributed by atoms with Crippen LogP contribution in [0.5, 0.6) is 0 Å². The first-order chi connectivity index (χ1) is 16.7. The topological polar surface area (TPSA) is 166 Å². The number of hydrogen-bond donors (Lipinski definition) is 3. The number of sulfonamides is 1. The summed E-state index contributed by atoms with van der Waals surface area (Å²) in [6.07, 6.45) is 6.34. The van der Waals surface area contributed by atoms with Gasteiger partial charge in [-0.25, -0.2) is 28.1 Å². The van der Waals surface area contributed by atoms with Gasteiger partial charge in [-0.05, 0) is 36.1 Å². The predicted molar refractivity (Wildman–Crippen MR) is 129 cm³/mol. The molecule has 0 spiro atoms. The molecule has 0 radical (unpaired) electrons. The molecule has 3 heterocycles. The van der Waals surface area contributed by atoms with Gasteiger partial charge in [0.15, 0.2) is 0 Å². The van der Waals surface area contributed by atoms with E-state index >= 15 is 0 Å². The van der Waals surface area contributed by atoms with Crippen LogP contribution in [-0.2, 0) is 25.0 Å². The molecule has 1 saturated heterocycles. The van der Waals surface area contributed by atoms with Gasteiger partial charge in [-0.3, -0.25) is 9.59 Å². The lowest BCUT2D eigenvalue weighted by Crippen LogP contribution is -2.45. The maximum absolute atomic E-state index is 13.5. The van der Waals surface area contributed by atoms with Crippen molar-refractivity contribution in [3.63, 3.8) is 0 Å². The summed E-state index contributed by atoms with van der Waals surface area (Å²) in [4.78, 5) is 37.6. The van der Waals surface area contributed by atoms with E-state index < -0.39 is 21.3 Å². The molecule has 1 fully saturated rings. The minimum Gasteiger partial charge on any atom is -0.381 e. The maximum atomic E-state index is 13.5. The highest BCUT2D eigenvalue weighted by molar-refractivity contribution is 7.89. The zero-order chi connectivity index (χ0) is 25.1. The normalized spacial score (nSPS) is 15.2. The van der Waals surface area contributed by atoms with Gasteiger partial charge in [-0.15, -0.1) is 0 Å². The van der Waals surface area contributed by atoms with Gasteiger partial charge in [0.1, 0.15) is 5.82 Å². The summed E-state index contributed by atoms with van der Waals surface area (Å²) < 4.78 is 29.9. The van der Waals surface area contributed by atoms with Gasteiger partial charge in [-0.1, -0.05) is 24.3 Å². The van der Waals surface area contributed by atoms with Crippen LogP contribution in [0.4, 0.5) is 11.8 Å². The van der Waals surface area contributed by atoms with Gasteiger partial charge in [0.2, 0.25) is 21.9 Å². The van der Waals surface area contributed by atoms with Gasteiger partial charge in [0.25, 0.3) is 5.91 Å². The number of aromatic nitrogens is 3. The quantitative estimate of drug-likeness (QED) is 0.458. The molecule has 2 aromatic heterocycles. The van der Waals surface area contributed by atoms with Crippen LogP contribution in [0.3, 0.4) is 0 Å². The van der Waals surface area contributed by atoms with Crippen molar-refractivity contribution in [2.45, 2.75) is 18.3 Å². The molecule has 35 heavy (non-hydrogen) atoms. The fourth-order valence-corrected chi connectivity index (χ4v) is 4.36. The fraction of sp³-hybridized carbons (Fsp3) is 0.261. The van der Waals surface area contributed by atoms with Crippen molar-refractivity contribution in [3.8, 4) is 11.1 Å². The lowest BCUT2D eigenvalue weighted by atomic mass is 9.73. The first-order valence-corrected chi connectivity index (χ1v) is 12.6. The largest absolute Gasteiger partial charge is 0.381 e. The summed E-state index contributed by atoms with van der Waals surface area (Å²) in [6, 6.07) is 10.5. The number of hydrogen-bond acceptors (Lipinski definition) is 9. The van der Waals surface area contributed by atoms with Crippen LogP contribution >= 0.6 is 0 Å². The molecule has 1 aliphatic rings. The Kier molecular flexibility index (Phi) is 6.76. The molecule has 0 unspecified atom stereocenters. The van der Waals surface area contributed by atoms with Crippen LogP contribution in [0.1, 0.15) is 28.8 Å². The number of nitrogens with one attached hydrogen (secondary N) is 2. The minimum atomic E-state index is -3.70. The average Bonchev–Trinajstić information content (AvgIpc) is 2.84. The lowest BCUT2D eigenvalue weighted by molar-refractivity contribution is -0.125. The molecule has 3 aromatic rings. The molecule has 12 heteroatoms. The number of pyridine rings is 1. The third kappa shape index (κ3) is 5.61. The van der Waals surface area contributed by atoms with E-state index in [-0.39, 0.29) is 23.2 Å². The van der Waals surface area contributed by atoms with E-state index in [2.05, 4.69) is 20.3 Å². The van der Waals surface area contributed by atoms with Crippen LogP contribution < -0.4 is 15.8 Å². The van der Waals surface area contributed by atoms with Crippen molar-refractivity contribution in [1.82, 2.24) is 19.7 Å². The number of benzene rings is 1. The summed E-state index contributed by atoms with van der Waals surface area (Å²) >= 11 is 0. The third-order valence-electron chi connectivity index (χ3n) is 5.77. The highest BCUT2D eigenvalue weighted by Gasteiger charge is 2.42. The Morgan fingerprint density at radius 1 is 0.943 bits per heavy atom. The highest BCUT2D eigenvalue weighted by atomic mass is 32.2. The molecule has 4 N–H and O–H groups in total. The van der Waals surface area contributed by atoms with E-state index in [1.165, 1.54) is 18.3 Å². The van der Waals surface area contributed by atoms with E-state index in [1.54, 1.807) is 12.4 Å². The Balaban J connectivity index is 1.54. The van der Waals surface area contributed by atoms with Crippen LogP contribution in [0, 0.1) is 0 Å². The molecule has 0 aliphatic carbocycles. The number of carbonyl (C=O) groups is 2. The first-order valence-electron chi connectivity index (χ1n) is 10.7. The Morgan fingerprint density at radius 2 is 1.60 bits per heavy atom. The van der Waals surface area contributed by atoms with Crippen LogP contribution in [0.25, 0.3) is 11.1 Å². The van der Waals surface area contributed by atoms with Crippen LogP contribution in [0.2, 0.25) is 0 Å². The van der Waals surface area contributed by atoms with E-state index in [0.29, 0.717) is 26.1 Å². The third-order valence-corrected chi connectivity index (χ3v) is 6.33. The molecular weight excluding hydrogens is 472 g/mol. The lowest BCUT2D eigenvalue weighted by Gasteiger charge is -2.36. The van der Waals surface area contributed by atoms with Gasteiger partial charge in [0.05, 0.1) is 17.2 Å². The second-order valence-corrected chi connectivity index (χ2v) is 9.94. The first kappa shape index (κ1) is 24.2. The SMILES string of the molecule is CS(=O)(=O)NC(=O)c1ccc(NC(=O)C2(c3ccc(-c4cnc(N)nc4)cc3)CCOCC2)nc1. The number of anilines is 2. The second kappa shape index (κ2) is 9.76. The number of ether oxygens (including phenoxy) is 1. The summed E-state index contributed by atoms with van der Waals surface area (Å²) in [6.45, 7) is 0.859. The molecule has 0 atom stereocenters. The maximum Gasteiger partial charge on any atom is 0.266 e. The number of carbonyl (C=O) groups excluding carboxylic acids is 2. The van der Waals surface area contributed by atoms with Gasteiger partial charge >= 0.3 is 0 Å². The standard InChI is InChI=1S/C23H24N6O5S/c1-35(32,33)29-20(30)16-4-7-19(25-12-16)28-21(31)23(8-10-34-11-9-23)18-5-2-15(3-6-18)17-13-26-22(24)27-14-17/h2-7,12-14H,8-11H2,1H3,(H,29,30)(H2,24,26,27)(H,25,28,31). The van der Waals surface area contributed by atoms with Crippen molar-refractivity contribution >= 4 is 33.6 Å². The molecule has 1 aliphatic heterocycles. The van der Waals surface area contributed by atoms with Crippen molar-refractivity contribution in [2.75, 3.05) is 30.5 Å². The van der Waals surface area contributed by atoms with E-state index in [0.717, 1.165) is 22.9 Å². The summed E-state index contributed by atoms with van der Waals surface area (Å²) in [7, 11) is -3.70. The molecule has 0 saturated carbocycles. The van der Waals surface area contributed by atoms with Gasteiger partial charge in [0, 0.05) is 37.4 Å². The highest BCUT2D eigenvalue weighted by Crippen LogP contribution is 2.37. The number of amides is 2. The monoisotopic (exact) mass is 496 g/mol. The Bertz CT molecular complexity index is 1320. The van der Waals surface area contributed by atoms with Crippen LogP contribution in [-0.4, -0.2) is 54.7 Å². The summed E-state index contributed by atoms with van der Waals surface area (Å²) in [5, 5.41) is 2.83. The molecule has 182 valence electrons. The molecule has 11 nitrogen and oxygen atoms in total. The average molecular weight is 497 g/mol. The number of nitrogens with zero attached hydrogens (tertiary/aromatic N) is 3. The van der Waals surface area contributed by atoms with Gasteiger partial charge in [-0.2, -0.15) is 0 Å². The van der Waals surface area contributed by atoms with Crippen molar-refractivity contribution in [1.29, 1.82) is 0 Å². The Morgan fingerprint density at radius 3 is 2.17 bits per heavy atom. The fourth-order valence-electron chi connectivity index (χ4n) is 3.90. The van der Waals surface area contributed by atoms with Crippen molar-refractivity contribution in [3.05, 3.63) is 66.1 Å². The molecule has 1 aromatic carbocycles. The number of nitrogen functional groups attached to an aromatic ring is 1. The summed E-state index contributed by atoms with van der Waals surface area (Å²) in [5.41, 5.74) is 7.31. The van der Waals surface area contributed by atoms with E-state index in [9.17, 15) is 18.0 Å². The van der Waals surface area contributed by atoms with E-state index in [1.807, 2.05) is 29.0 Å². The second-order valence-electron chi connectivity index (χ2n) is 8.19. The minimum absolute atomic E-state index is 0.0523. The van der Waals surface area contributed by atoms with E-state index in [4.69, 9.17) is 10.5 Å². The zero-order valence-electron chi connectivity index (χ0n) is 18.9. The predicted octanol–water partition coefficient (Wildman–Crippen LogP) is 1.50. The Hall–Kier alpha value is -3.90. The number of nitrogens with two attached hydrogens (primary N) is 1. The van der Waals surface area contributed by atoms with Gasteiger partial charge < -0.3 is 15.8 Å². The number of rotatable bonds is 6. The molecule has 0 bridgehead atoms. The van der Waals surface area contributed by atoms with Crippen molar-refractivity contribution < 1.29 is 22.7 Å². The smallest absolute Gasteiger partial charge is 0.266 e. The Labute approximate surface area is 202 Å². The van der Waals surface area contributed by atoms with Crippen molar-refractivity contribution in [2.24, 2.45) is 0 Å². The summed E-state index contributed by atoms with van der Waals surface area (Å²) in [5.74, 6) is -0.608.